The van der Waals surface area contributed by atoms with Gasteiger partial charge in [-0.05, 0) is 44.7 Å². The van der Waals surface area contributed by atoms with Crippen molar-refractivity contribution in [3.63, 3.8) is 0 Å². The molecule has 0 aromatic carbocycles. The van der Waals surface area contributed by atoms with Gasteiger partial charge < -0.3 is 9.14 Å². The van der Waals surface area contributed by atoms with E-state index in [0.29, 0.717) is 6.61 Å². The normalized spacial score (nSPS) is 11.7. The van der Waals surface area contributed by atoms with Gasteiger partial charge in [0.05, 0.1) is 24.6 Å². The van der Waals surface area contributed by atoms with Gasteiger partial charge in [0.25, 0.3) is 0 Å². The maximum absolute atomic E-state index is 11.1. The third kappa shape index (κ3) is 5.74. The van der Waals surface area contributed by atoms with E-state index in [-0.39, 0.29) is 5.97 Å². The fraction of sp³-hybridized carbons (Fsp3) is 0.368. The lowest BCUT2D eigenvalue weighted by Crippen LogP contribution is -1.98. The van der Waals surface area contributed by atoms with Crippen molar-refractivity contribution >= 4 is 11.5 Å². The maximum atomic E-state index is 11.1. The minimum absolute atomic E-state index is 0.286. The lowest BCUT2D eigenvalue weighted by atomic mass is 10.1. The Morgan fingerprint density at radius 1 is 1.26 bits per heavy atom. The molecule has 4 nitrogen and oxygen atoms in total. The molecule has 2 rings (SSSR count). The third-order valence-corrected chi connectivity index (χ3v) is 3.60. The largest absolute Gasteiger partial charge is 0.463 e. The smallest absolute Gasteiger partial charge is 0.330 e. The summed E-state index contributed by atoms with van der Waals surface area (Å²) in [5.41, 5.74) is 2.46. The molecule has 4 heteroatoms. The van der Waals surface area contributed by atoms with Gasteiger partial charge in [-0.15, -0.1) is 0 Å². The molecule has 23 heavy (non-hydrogen) atoms. The summed E-state index contributed by atoms with van der Waals surface area (Å²) in [6, 6.07) is 6.32. The topological polar surface area (TPSA) is 43.6 Å². The molecular weight excluding hydrogens is 288 g/mol. The Labute approximate surface area is 137 Å². The zero-order valence-electron chi connectivity index (χ0n) is 13.6. The van der Waals surface area contributed by atoms with E-state index in [0.717, 1.165) is 24.8 Å². The Balaban J connectivity index is 1.61. The molecule has 2 aromatic heterocycles. The zero-order chi connectivity index (χ0) is 16.3. The molecule has 0 unspecified atom stereocenters. The summed E-state index contributed by atoms with van der Waals surface area (Å²) in [5, 5.41) is 0. The summed E-state index contributed by atoms with van der Waals surface area (Å²) in [4.78, 5) is 15.3. The molecule has 2 aromatic rings. The second-order valence-corrected chi connectivity index (χ2v) is 5.34. The van der Waals surface area contributed by atoms with Crippen LogP contribution in [0.1, 0.15) is 38.3 Å². The molecule has 0 spiro atoms. The molecule has 0 saturated carbocycles. The van der Waals surface area contributed by atoms with Crippen LogP contribution in [0.3, 0.4) is 0 Å². The average Bonchev–Trinajstić information content (AvgIpc) is 3.03. The van der Waals surface area contributed by atoms with Crippen molar-refractivity contribution in [2.24, 2.45) is 0 Å². The first kappa shape index (κ1) is 17.0. The molecular formula is C19H24N2O2. The van der Waals surface area contributed by atoms with Crippen molar-refractivity contribution in [2.45, 2.75) is 39.0 Å². The van der Waals surface area contributed by atoms with Crippen LogP contribution in [0.4, 0.5) is 0 Å². The van der Waals surface area contributed by atoms with Crippen LogP contribution >= 0.6 is 0 Å². The predicted octanol–water partition coefficient (Wildman–Crippen LogP) is 4.11. The van der Waals surface area contributed by atoms with Gasteiger partial charge in [-0.2, -0.15) is 0 Å². The molecule has 2 heterocycles. The number of rotatable bonds is 9. The highest BCUT2D eigenvalue weighted by atomic mass is 16.5. The predicted molar refractivity (Wildman–Crippen MR) is 92.3 cm³/mol. The first-order valence-electron chi connectivity index (χ1n) is 8.21. The number of pyridine rings is 1. The van der Waals surface area contributed by atoms with Crippen LogP contribution in [0, 0.1) is 0 Å². The Bertz CT molecular complexity index is 671. The number of imidazole rings is 1. The number of carbonyl (C=O) groups excluding carboxylic acids is 1. The van der Waals surface area contributed by atoms with Crippen molar-refractivity contribution in [3.05, 3.63) is 60.7 Å². The molecule has 0 N–H and O–H groups in total. The van der Waals surface area contributed by atoms with E-state index in [4.69, 9.17) is 4.74 Å². The van der Waals surface area contributed by atoms with Crippen molar-refractivity contribution in [1.82, 2.24) is 9.38 Å². The van der Waals surface area contributed by atoms with Gasteiger partial charge in [-0.1, -0.05) is 30.7 Å². The highest BCUT2D eigenvalue weighted by Gasteiger charge is 1.99. The van der Waals surface area contributed by atoms with E-state index in [1.807, 2.05) is 18.6 Å². The number of hydrogen-bond acceptors (Lipinski definition) is 3. The van der Waals surface area contributed by atoms with Gasteiger partial charge in [0, 0.05) is 11.8 Å². The number of nitrogens with zero attached hydrogens (tertiary/aromatic N) is 2. The molecule has 0 aliphatic carbocycles. The fourth-order valence-corrected chi connectivity index (χ4v) is 2.45. The molecule has 0 saturated heterocycles. The number of aromatic nitrogens is 2. The fourth-order valence-electron chi connectivity index (χ4n) is 2.45. The molecule has 0 bridgehead atoms. The van der Waals surface area contributed by atoms with Gasteiger partial charge in [0.15, 0.2) is 0 Å². The second-order valence-electron chi connectivity index (χ2n) is 5.34. The van der Waals surface area contributed by atoms with Crippen LogP contribution < -0.4 is 0 Å². The average molecular weight is 312 g/mol. The first-order valence-corrected chi connectivity index (χ1v) is 8.21. The van der Waals surface area contributed by atoms with Crippen LogP contribution in [0.15, 0.2) is 55.0 Å². The highest BCUT2D eigenvalue weighted by molar-refractivity contribution is 5.82. The van der Waals surface area contributed by atoms with Crippen molar-refractivity contribution in [2.75, 3.05) is 6.61 Å². The van der Waals surface area contributed by atoms with Crippen LogP contribution in [0.25, 0.3) is 5.52 Å². The Kier molecular flexibility index (Phi) is 7.11. The number of hydrogen-bond donors (Lipinski definition) is 0. The molecule has 0 amide bonds. The first-order chi connectivity index (χ1) is 11.3. The van der Waals surface area contributed by atoms with Gasteiger partial charge in [-0.25, -0.2) is 9.78 Å². The zero-order valence-corrected chi connectivity index (χ0v) is 13.6. The number of allylic oxidation sites excluding steroid dienone is 3. The summed E-state index contributed by atoms with van der Waals surface area (Å²) in [7, 11) is 0. The van der Waals surface area contributed by atoms with Gasteiger partial charge in [0.1, 0.15) is 0 Å². The van der Waals surface area contributed by atoms with Crippen molar-refractivity contribution in [1.29, 1.82) is 0 Å². The highest BCUT2D eigenvalue weighted by Crippen LogP contribution is 2.11. The van der Waals surface area contributed by atoms with E-state index in [9.17, 15) is 4.79 Å². The molecule has 0 fully saturated rings. The van der Waals surface area contributed by atoms with Crippen molar-refractivity contribution in [3.8, 4) is 0 Å². The third-order valence-electron chi connectivity index (χ3n) is 3.60. The van der Waals surface area contributed by atoms with Gasteiger partial charge in [-0.3, -0.25) is 0 Å². The number of aryl methyl sites for hydroxylation is 1. The minimum atomic E-state index is -0.286. The van der Waals surface area contributed by atoms with E-state index in [1.165, 1.54) is 24.6 Å². The lowest BCUT2D eigenvalue weighted by Gasteiger charge is -2.04. The Morgan fingerprint density at radius 2 is 2.17 bits per heavy atom. The Morgan fingerprint density at radius 3 is 3.04 bits per heavy atom. The van der Waals surface area contributed by atoms with E-state index >= 15 is 0 Å². The quantitative estimate of drug-likeness (QED) is 0.303. The number of unbranched alkanes of at least 4 members (excludes halogenated alkanes) is 3. The summed E-state index contributed by atoms with van der Waals surface area (Å²) in [6.07, 6.45) is 16.6. The van der Waals surface area contributed by atoms with Crippen LogP contribution in [0.5, 0.6) is 0 Å². The van der Waals surface area contributed by atoms with Crippen LogP contribution in [-0.4, -0.2) is 22.0 Å². The second kappa shape index (κ2) is 9.62. The molecule has 0 radical (unpaired) electrons. The van der Waals surface area contributed by atoms with Crippen LogP contribution in [-0.2, 0) is 16.0 Å². The van der Waals surface area contributed by atoms with Crippen LogP contribution in [0.2, 0.25) is 0 Å². The Hall–Kier alpha value is -2.36. The number of esters is 1. The van der Waals surface area contributed by atoms with E-state index in [2.05, 4.69) is 33.7 Å². The van der Waals surface area contributed by atoms with Gasteiger partial charge >= 0.3 is 5.97 Å². The monoisotopic (exact) mass is 312 g/mol. The number of ether oxygens (including phenoxy) is 1. The maximum Gasteiger partial charge on any atom is 0.330 e. The van der Waals surface area contributed by atoms with Gasteiger partial charge in [0.2, 0.25) is 0 Å². The molecule has 122 valence electrons. The summed E-state index contributed by atoms with van der Waals surface area (Å²) in [6.45, 7) is 2.22. The van der Waals surface area contributed by atoms with E-state index < -0.39 is 0 Å². The summed E-state index contributed by atoms with van der Waals surface area (Å²) < 4.78 is 6.96. The SMILES string of the molecule is CCOC(=O)/C=C/C=C/CCCCCc1cccc2cncn12. The summed E-state index contributed by atoms with van der Waals surface area (Å²) >= 11 is 0. The van der Waals surface area contributed by atoms with Crippen molar-refractivity contribution < 1.29 is 9.53 Å². The van der Waals surface area contributed by atoms with E-state index in [1.54, 1.807) is 13.0 Å². The number of fused-ring (bicyclic) bond motifs is 1. The molecule has 0 atom stereocenters. The lowest BCUT2D eigenvalue weighted by molar-refractivity contribution is -0.137. The molecule has 0 aliphatic heterocycles. The molecule has 0 aliphatic rings. The number of carbonyl (C=O) groups is 1. The minimum Gasteiger partial charge on any atom is -0.463 e. The standard InChI is InChI=1S/C19H24N2O2/c1-2-23-19(22)14-9-7-5-3-4-6-8-11-17-12-10-13-18-15-20-16-21(17)18/h5,7,9-10,12-16H,2-4,6,8,11H2,1H3/b7-5+,14-9+. The summed E-state index contributed by atoms with van der Waals surface area (Å²) in [5.74, 6) is -0.286.